The van der Waals surface area contributed by atoms with Crippen molar-refractivity contribution in [2.24, 2.45) is 0 Å². The Balaban J connectivity index is 1.47. The lowest BCUT2D eigenvalue weighted by Crippen LogP contribution is -1.88. The van der Waals surface area contributed by atoms with Gasteiger partial charge in [0.05, 0.1) is 0 Å². The van der Waals surface area contributed by atoms with E-state index in [0.29, 0.717) is 0 Å². The van der Waals surface area contributed by atoms with Crippen LogP contribution in [0.15, 0.2) is 54.6 Å². The number of aryl methyl sites for hydroxylation is 1. The van der Waals surface area contributed by atoms with Gasteiger partial charge in [-0.05, 0) is 48.9 Å². The van der Waals surface area contributed by atoms with Crippen LogP contribution in [-0.2, 0) is 6.42 Å². The van der Waals surface area contributed by atoms with Crippen molar-refractivity contribution in [1.29, 1.82) is 0 Å². The molecular formula is C25H36. The fourth-order valence-corrected chi connectivity index (χ4v) is 3.67. The first-order valence-corrected chi connectivity index (χ1v) is 10.5. The van der Waals surface area contributed by atoms with Crippen molar-refractivity contribution in [3.8, 4) is 0 Å². The van der Waals surface area contributed by atoms with Gasteiger partial charge >= 0.3 is 0 Å². The molecule has 2 aromatic carbocycles. The molecule has 0 amide bonds. The zero-order valence-corrected chi connectivity index (χ0v) is 16.2. The van der Waals surface area contributed by atoms with Crippen LogP contribution < -0.4 is 0 Å². The van der Waals surface area contributed by atoms with Gasteiger partial charge in [-0.2, -0.15) is 0 Å². The minimum atomic E-state index is 1.23. The maximum absolute atomic E-state index is 2.30. The molecule has 0 aliphatic rings. The Morgan fingerprint density at radius 3 is 1.96 bits per heavy atom. The summed E-state index contributed by atoms with van der Waals surface area (Å²) in [4.78, 5) is 0. The number of hydrogen-bond donors (Lipinski definition) is 0. The molecule has 0 heterocycles. The molecule has 0 atom stereocenters. The fourth-order valence-electron chi connectivity index (χ4n) is 3.67. The van der Waals surface area contributed by atoms with E-state index in [9.17, 15) is 0 Å². The molecule has 0 saturated heterocycles. The molecule has 0 fully saturated rings. The van der Waals surface area contributed by atoms with Gasteiger partial charge < -0.3 is 0 Å². The highest BCUT2D eigenvalue weighted by Crippen LogP contribution is 2.21. The predicted octanol–water partition coefficient (Wildman–Crippen LogP) is 8.25. The van der Waals surface area contributed by atoms with E-state index < -0.39 is 0 Å². The average molecular weight is 337 g/mol. The molecule has 0 aromatic heterocycles. The summed E-state index contributed by atoms with van der Waals surface area (Å²) >= 11 is 0. The van der Waals surface area contributed by atoms with Gasteiger partial charge in [-0.1, -0.05) is 106 Å². The Morgan fingerprint density at radius 2 is 1.24 bits per heavy atom. The van der Waals surface area contributed by atoms with Crippen LogP contribution in [0.3, 0.4) is 0 Å². The largest absolute Gasteiger partial charge is 0.0917 e. The second-order valence-electron chi connectivity index (χ2n) is 7.28. The summed E-state index contributed by atoms with van der Waals surface area (Å²) in [5, 5.41) is 2.82. The first-order valence-electron chi connectivity index (χ1n) is 10.5. The molecule has 0 spiro atoms. The van der Waals surface area contributed by atoms with E-state index >= 15 is 0 Å². The van der Waals surface area contributed by atoms with E-state index in [1.165, 1.54) is 93.4 Å². The first-order chi connectivity index (χ1) is 12.4. The molecule has 25 heavy (non-hydrogen) atoms. The lowest BCUT2D eigenvalue weighted by atomic mass is 9.99. The van der Waals surface area contributed by atoms with Crippen LogP contribution in [0, 0.1) is 0 Å². The molecule has 0 radical (unpaired) electrons. The van der Waals surface area contributed by atoms with Crippen molar-refractivity contribution in [1.82, 2.24) is 0 Å². The first kappa shape index (κ1) is 19.8. The molecule has 0 aliphatic carbocycles. The third kappa shape index (κ3) is 7.90. The lowest BCUT2D eigenvalue weighted by Gasteiger charge is -2.06. The number of benzene rings is 2. The highest BCUT2D eigenvalue weighted by Gasteiger charge is 2.00. The predicted molar refractivity (Wildman–Crippen MR) is 113 cm³/mol. The number of rotatable bonds is 13. The molecule has 2 aromatic rings. The van der Waals surface area contributed by atoms with E-state index in [1.54, 1.807) is 0 Å². The van der Waals surface area contributed by atoms with Crippen molar-refractivity contribution in [3.05, 3.63) is 60.2 Å². The monoisotopic (exact) mass is 336 g/mol. The van der Waals surface area contributed by atoms with Crippen molar-refractivity contribution in [2.75, 3.05) is 0 Å². The van der Waals surface area contributed by atoms with Crippen LogP contribution in [0.4, 0.5) is 0 Å². The van der Waals surface area contributed by atoms with Crippen LogP contribution in [-0.4, -0.2) is 0 Å². The summed E-state index contributed by atoms with van der Waals surface area (Å²) in [5.41, 5.74) is 1.52. The number of allylic oxidation sites excluding steroid dienone is 2. The lowest BCUT2D eigenvalue weighted by molar-refractivity contribution is 0.552. The van der Waals surface area contributed by atoms with Gasteiger partial charge in [0.15, 0.2) is 0 Å². The van der Waals surface area contributed by atoms with Gasteiger partial charge in [0.1, 0.15) is 0 Å². The maximum atomic E-state index is 2.30. The van der Waals surface area contributed by atoms with E-state index in [1.807, 2.05) is 0 Å². The van der Waals surface area contributed by atoms with Gasteiger partial charge in [-0.15, -0.1) is 0 Å². The van der Waals surface area contributed by atoms with Crippen LogP contribution in [0.25, 0.3) is 10.8 Å². The smallest absolute Gasteiger partial charge is 0.0152 e. The Kier molecular flexibility index (Phi) is 10.1. The van der Waals surface area contributed by atoms with Gasteiger partial charge in [-0.25, -0.2) is 0 Å². The molecule has 136 valence electrons. The minimum absolute atomic E-state index is 1.23. The van der Waals surface area contributed by atoms with E-state index in [4.69, 9.17) is 0 Å². The zero-order valence-electron chi connectivity index (χ0n) is 16.2. The maximum Gasteiger partial charge on any atom is -0.0152 e. The molecule has 0 heteroatoms. The molecule has 0 nitrogen and oxygen atoms in total. The number of fused-ring (bicyclic) bond motifs is 1. The summed E-state index contributed by atoms with van der Waals surface area (Å²) in [6.45, 7) is 2.11. The third-order valence-electron chi connectivity index (χ3n) is 5.18. The molecule has 0 aliphatic heterocycles. The molecule has 0 unspecified atom stereocenters. The SMILES string of the molecule is C/C=C/CCCCCCCCCCCCc1cccc2ccccc12. The summed E-state index contributed by atoms with van der Waals surface area (Å²) < 4.78 is 0. The molecule has 0 saturated carbocycles. The minimum Gasteiger partial charge on any atom is -0.0917 e. The van der Waals surface area contributed by atoms with Crippen LogP contribution in [0.1, 0.15) is 83.1 Å². The van der Waals surface area contributed by atoms with Crippen molar-refractivity contribution >= 4 is 10.8 Å². The van der Waals surface area contributed by atoms with Crippen molar-refractivity contribution < 1.29 is 0 Å². The quantitative estimate of drug-likeness (QED) is 0.255. The van der Waals surface area contributed by atoms with Gasteiger partial charge in [0.2, 0.25) is 0 Å². The Hall–Kier alpha value is -1.56. The topological polar surface area (TPSA) is 0 Å². The second-order valence-corrected chi connectivity index (χ2v) is 7.28. The van der Waals surface area contributed by atoms with E-state index in [-0.39, 0.29) is 0 Å². The van der Waals surface area contributed by atoms with Gasteiger partial charge in [-0.3, -0.25) is 0 Å². The van der Waals surface area contributed by atoms with Crippen LogP contribution in [0.2, 0.25) is 0 Å². The van der Waals surface area contributed by atoms with Gasteiger partial charge in [0.25, 0.3) is 0 Å². The normalized spacial score (nSPS) is 11.6. The highest BCUT2D eigenvalue weighted by atomic mass is 14.1. The Morgan fingerprint density at radius 1 is 0.640 bits per heavy atom. The fraction of sp³-hybridized carbons (Fsp3) is 0.520. The van der Waals surface area contributed by atoms with Gasteiger partial charge in [0, 0.05) is 0 Å². The van der Waals surface area contributed by atoms with E-state index in [0.717, 1.165) is 0 Å². The average Bonchev–Trinajstić information content (AvgIpc) is 2.65. The van der Waals surface area contributed by atoms with Crippen molar-refractivity contribution in [3.63, 3.8) is 0 Å². The number of unbranched alkanes of at least 4 members (excludes halogenated alkanes) is 10. The highest BCUT2D eigenvalue weighted by molar-refractivity contribution is 5.85. The summed E-state index contributed by atoms with van der Waals surface area (Å²) in [6, 6.07) is 15.5. The number of hydrogen-bond acceptors (Lipinski definition) is 0. The van der Waals surface area contributed by atoms with Crippen molar-refractivity contribution in [2.45, 2.75) is 84.0 Å². The van der Waals surface area contributed by atoms with E-state index in [2.05, 4.69) is 61.5 Å². The Bertz CT molecular complexity index is 603. The second kappa shape index (κ2) is 12.8. The zero-order chi connectivity index (χ0) is 17.6. The summed E-state index contributed by atoms with van der Waals surface area (Å²) in [7, 11) is 0. The van der Waals surface area contributed by atoms with Crippen LogP contribution in [0.5, 0.6) is 0 Å². The molecule has 2 rings (SSSR count). The molecular weight excluding hydrogens is 300 g/mol. The summed E-state index contributed by atoms with van der Waals surface area (Å²) in [6.07, 6.45) is 21.0. The Labute approximate surface area is 155 Å². The van der Waals surface area contributed by atoms with Crippen LogP contribution >= 0.6 is 0 Å². The molecule has 0 N–H and O–H groups in total. The molecule has 0 bridgehead atoms. The standard InChI is InChI=1S/C25H36/c1-2-3-4-5-6-7-8-9-10-11-12-13-14-18-23-20-17-21-24-19-15-16-22-25(23)24/h2-3,15-17,19-22H,4-14,18H2,1H3/b3-2+. The summed E-state index contributed by atoms with van der Waals surface area (Å²) in [5.74, 6) is 0. The third-order valence-corrected chi connectivity index (χ3v) is 5.18.